The van der Waals surface area contributed by atoms with Crippen molar-refractivity contribution >= 4 is 22.5 Å². The third kappa shape index (κ3) is 2.14. The number of nitrogens with zero attached hydrogens (tertiary/aromatic N) is 1. The normalized spacial score (nSPS) is 10.9. The first-order valence-electron chi connectivity index (χ1n) is 5.93. The van der Waals surface area contributed by atoms with Crippen LogP contribution in [0.3, 0.4) is 0 Å². The molecule has 2 aromatic heterocycles. The molecule has 0 unspecified atom stereocenters. The summed E-state index contributed by atoms with van der Waals surface area (Å²) in [5, 5.41) is 4.16. The molecular weight excluding hydrogens is 226 g/mol. The van der Waals surface area contributed by atoms with Crippen LogP contribution < -0.4 is 5.32 Å². The molecule has 0 bridgehead atoms. The number of ketones is 1. The number of Topliss-reactive ketones (excluding diaryl/α,β-unsaturated/α-hetero) is 1. The molecule has 0 aliphatic carbocycles. The molecule has 94 valence electrons. The summed E-state index contributed by atoms with van der Waals surface area (Å²) in [4.78, 5) is 19.3. The van der Waals surface area contributed by atoms with Gasteiger partial charge in [-0.15, -0.1) is 0 Å². The number of hydrogen-bond donors (Lipinski definition) is 2. The second-order valence-corrected chi connectivity index (χ2v) is 4.69. The molecule has 2 heterocycles. The molecule has 0 aliphatic heterocycles. The highest BCUT2D eigenvalue weighted by atomic mass is 16.1. The molecule has 2 aromatic rings. The highest BCUT2D eigenvalue weighted by molar-refractivity contribution is 6.17. The van der Waals surface area contributed by atoms with Crippen molar-refractivity contribution in [3.63, 3.8) is 0 Å². The Hall–Kier alpha value is -2.10. The lowest BCUT2D eigenvalue weighted by molar-refractivity contribution is 0.103. The number of aromatic amines is 1. The maximum Gasteiger partial charge on any atom is 0.190 e. The largest absolute Gasteiger partial charge is 0.382 e. The van der Waals surface area contributed by atoms with Crippen molar-refractivity contribution in [2.75, 3.05) is 5.32 Å². The number of aromatic nitrogens is 2. The summed E-state index contributed by atoms with van der Waals surface area (Å²) in [6.45, 7) is 9.53. The Bertz CT molecular complexity index is 611. The van der Waals surface area contributed by atoms with E-state index in [2.05, 4.69) is 35.7 Å². The van der Waals surface area contributed by atoms with Gasteiger partial charge in [-0.1, -0.05) is 6.58 Å². The summed E-state index contributed by atoms with van der Waals surface area (Å²) in [7, 11) is 0. The second-order valence-electron chi connectivity index (χ2n) is 4.69. The monoisotopic (exact) mass is 243 g/mol. The molecule has 0 saturated carbocycles. The summed E-state index contributed by atoms with van der Waals surface area (Å²) < 4.78 is 0. The van der Waals surface area contributed by atoms with E-state index in [1.54, 1.807) is 19.3 Å². The van der Waals surface area contributed by atoms with Crippen LogP contribution in [0.15, 0.2) is 30.6 Å². The Morgan fingerprint density at radius 3 is 2.83 bits per heavy atom. The van der Waals surface area contributed by atoms with Gasteiger partial charge in [0.1, 0.15) is 5.65 Å². The van der Waals surface area contributed by atoms with Gasteiger partial charge in [-0.05, 0) is 32.4 Å². The average molecular weight is 243 g/mol. The minimum Gasteiger partial charge on any atom is -0.382 e. The van der Waals surface area contributed by atoms with Gasteiger partial charge >= 0.3 is 0 Å². The molecular formula is C14H17N3O. The summed E-state index contributed by atoms with van der Waals surface area (Å²) in [6.07, 6.45) is 3.42. The fourth-order valence-corrected chi connectivity index (χ4v) is 1.90. The van der Waals surface area contributed by atoms with Gasteiger partial charge in [-0.2, -0.15) is 0 Å². The number of fused-ring (bicyclic) bond motifs is 1. The predicted octanol–water partition coefficient (Wildman–Crippen LogP) is 3.14. The minimum atomic E-state index is -0.0546. The Morgan fingerprint density at radius 2 is 2.22 bits per heavy atom. The summed E-state index contributed by atoms with van der Waals surface area (Å²) >= 11 is 0. The minimum absolute atomic E-state index is 0.0546. The molecule has 0 radical (unpaired) electrons. The lowest BCUT2D eigenvalue weighted by Crippen LogP contribution is -2.10. The molecule has 0 spiro atoms. The average Bonchev–Trinajstić information content (AvgIpc) is 2.72. The summed E-state index contributed by atoms with van der Waals surface area (Å²) in [6, 6.07) is 2.17. The number of hydrogen-bond acceptors (Lipinski definition) is 3. The van der Waals surface area contributed by atoms with Crippen molar-refractivity contribution < 1.29 is 4.79 Å². The van der Waals surface area contributed by atoms with E-state index in [1.165, 1.54) is 0 Å². The number of pyridine rings is 1. The van der Waals surface area contributed by atoms with Crippen LogP contribution in [0.4, 0.5) is 5.69 Å². The van der Waals surface area contributed by atoms with Gasteiger partial charge in [0, 0.05) is 24.1 Å². The van der Waals surface area contributed by atoms with Crippen LogP contribution in [0.1, 0.15) is 31.1 Å². The summed E-state index contributed by atoms with van der Waals surface area (Å²) in [5.74, 6) is -0.0546. The van der Waals surface area contributed by atoms with E-state index in [1.807, 2.05) is 6.07 Å². The van der Waals surface area contributed by atoms with Gasteiger partial charge < -0.3 is 10.3 Å². The molecule has 2 rings (SSSR count). The number of nitrogens with one attached hydrogen (secondary N) is 2. The first-order valence-corrected chi connectivity index (χ1v) is 5.93. The number of rotatable bonds is 4. The van der Waals surface area contributed by atoms with E-state index in [0.29, 0.717) is 22.8 Å². The molecule has 0 aliphatic rings. The molecule has 4 heteroatoms. The molecule has 2 N–H and O–H groups in total. The molecule has 0 atom stereocenters. The third-order valence-electron chi connectivity index (χ3n) is 2.65. The van der Waals surface area contributed by atoms with Crippen molar-refractivity contribution in [2.45, 2.75) is 26.8 Å². The van der Waals surface area contributed by atoms with Crippen LogP contribution in [0.2, 0.25) is 0 Å². The van der Waals surface area contributed by atoms with Gasteiger partial charge in [-0.3, -0.25) is 4.79 Å². The molecule has 4 nitrogen and oxygen atoms in total. The molecule has 0 saturated heterocycles. The SMILES string of the molecule is C=C(C)C(=O)c1c[nH]c2nccc(NC(C)C)c12. The first kappa shape index (κ1) is 12.4. The van der Waals surface area contributed by atoms with Gasteiger partial charge in [-0.25, -0.2) is 4.98 Å². The van der Waals surface area contributed by atoms with E-state index in [0.717, 1.165) is 11.1 Å². The van der Waals surface area contributed by atoms with E-state index < -0.39 is 0 Å². The molecule has 0 aromatic carbocycles. The number of allylic oxidation sites excluding steroid dienone is 1. The fourth-order valence-electron chi connectivity index (χ4n) is 1.90. The third-order valence-corrected chi connectivity index (χ3v) is 2.65. The Labute approximate surface area is 106 Å². The number of anilines is 1. The van der Waals surface area contributed by atoms with E-state index in [-0.39, 0.29) is 5.78 Å². The van der Waals surface area contributed by atoms with E-state index in [9.17, 15) is 4.79 Å². The van der Waals surface area contributed by atoms with Crippen molar-refractivity contribution in [3.8, 4) is 0 Å². The zero-order valence-corrected chi connectivity index (χ0v) is 10.9. The van der Waals surface area contributed by atoms with Crippen LogP contribution in [0, 0.1) is 0 Å². The Balaban J connectivity index is 2.62. The Morgan fingerprint density at radius 1 is 1.50 bits per heavy atom. The first-order chi connectivity index (χ1) is 8.50. The van der Waals surface area contributed by atoms with Crippen LogP contribution in [0.5, 0.6) is 0 Å². The highest BCUT2D eigenvalue weighted by Gasteiger charge is 2.16. The lowest BCUT2D eigenvalue weighted by Gasteiger charge is -2.11. The Kier molecular flexibility index (Phi) is 3.19. The van der Waals surface area contributed by atoms with Crippen molar-refractivity contribution in [2.24, 2.45) is 0 Å². The fraction of sp³-hybridized carbons (Fsp3) is 0.286. The summed E-state index contributed by atoms with van der Waals surface area (Å²) in [5.41, 5.74) is 2.77. The van der Waals surface area contributed by atoms with Crippen LogP contribution in [-0.2, 0) is 0 Å². The van der Waals surface area contributed by atoms with Gasteiger partial charge in [0.05, 0.1) is 10.9 Å². The van der Waals surface area contributed by atoms with Crippen LogP contribution in [-0.4, -0.2) is 21.8 Å². The maximum atomic E-state index is 12.1. The smallest absolute Gasteiger partial charge is 0.190 e. The number of carbonyl (C=O) groups excluding carboxylic acids is 1. The van der Waals surface area contributed by atoms with Crippen molar-refractivity contribution in [1.29, 1.82) is 0 Å². The maximum absolute atomic E-state index is 12.1. The predicted molar refractivity (Wildman–Crippen MR) is 74.0 cm³/mol. The zero-order chi connectivity index (χ0) is 13.3. The standard InChI is InChI=1S/C14H17N3O/c1-8(2)13(18)10-7-16-14-12(10)11(5-6-15-14)17-9(3)4/h5-7,9H,1H2,2-4H3,(H2,15,16,17). The van der Waals surface area contributed by atoms with Crippen LogP contribution in [0.25, 0.3) is 11.0 Å². The van der Waals surface area contributed by atoms with Gasteiger partial charge in [0.2, 0.25) is 0 Å². The van der Waals surface area contributed by atoms with Crippen LogP contribution >= 0.6 is 0 Å². The molecule has 0 fully saturated rings. The number of H-pyrrole nitrogens is 1. The van der Waals surface area contributed by atoms with Gasteiger partial charge in [0.25, 0.3) is 0 Å². The zero-order valence-electron chi connectivity index (χ0n) is 10.9. The highest BCUT2D eigenvalue weighted by Crippen LogP contribution is 2.27. The second kappa shape index (κ2) is 4.64. The lowest BCUT2D eigenvalue weighted by atomic mass is 10.1. The van der Waals surface area contributed by atoms with E-state index >= 15 is 0 Å². The molecule has 18 heavy (non-hydrogen) atoms. The number of carbonyl (C=O) groups is 1. The van der Waals surface area contributed by atoms with Gasteiger partial charge in [0.15, 0.2) is 5.78 Å². The van der Waals surface area contributed by atoms with Crippen molar-refractivity contribution in [3.05, 3.63) is 36.2 Å². The molecule has 0 amide bonds. The van der Waals surface area contributed by atoms with E-state index in [4.69, 9.17) is 0 Å². The van der Waals surface area contributed by atoms with Crippen molar-refractivity contribution in [1.82, 2.24) is 9.97 Å². The quantitative estimate of drug-likeness (QED) is 0.640. The topological polar surface area (TPSA) is 57.8 Å².